The zero-order valence-electron chi connectivity index (χ0n) is 10.9. The molecule has 0 aliphatic rings. The van der Waals surface area contributed by atoms with Crippen LogP contribution >= 0.6 is 11.6 Å². The first-order chi connectivity index (χ1) is 9.20. The predicted octanol–water partition coefficient (Wildman–Crippen LogP) is 4.02. The third-order valence-electron chi connectivity index (χ3n) is 3.20. The molecule has 100 valence electrons. The minimum atomic E-state index is -0.193. The molecule has 0 saturated carbocycles. The molecule has 3 heteroatoms. The maximum absolute atomic E-state index is 13.8. The largest absolute Gasteiger partial charge is 0.319 e. The molecule has 1 nitrogen and oxygen atoms in total. The molecular formula is C16H17ClFN. The number of hydrogen-bond acceptors (Lipinski definition) is 1. The molecule has 2 rings (SSSR count). The Kier molecular flexibility index (Phi) is 4.94. The molecule has 0 amide bonds. The van der Waals surface area contributed by atoms with Crippen molar-refractivity contribution < 1.29 is 4.39 Å². The zero-order valence-corrected chi connectivity index (χ0v) is 11.6. The quantitative estimate of drug-likeness (QED) is 0.870. The molecular weight excluding hydrogens is 261 g/mol. The van der Waals surface area contributed by atoms with Gasteiger partial charge in [-0.1, -0.05) is 41.9 Å². The van der Waals surface area contributed by atoms with Gasteiger partial charge in [0.1, 0.15) is 5.82 Å². The van der Waals surface area contributed by atoms with Gasteiger partial charge in [-0.25, -0.2) is 4.39 Å². The van der Waals surface area contributed by atoms with Gasteiger partial charge in [-0.2, -0.15) is 0 Å². The summed E-state index contributed by atoms with van der Waals surface area (Å²) in [4.78, 5) is 0. The van der Waals surface area contributed by atoms with E-state index in [4.69, 9.17) is 11.6 Å². The lowest BCUT2D eigenvalue weighted by Crippen LogP contribution is -2.19. The Bertz CT molecular complexity index is 528. The summed E-state index contributed by atoms with van der Waals surface area (Å²) in [5.41, 5.74) is 1.87. The molecule has 2 aromatic carbocycles. The van der Waals surface area contributed by atoms with Crippen molar-refractivity contribution in [2.45, 2.75) is 12.3 Å². The van der Waals surface area contributed by atoms with Gasteiger partial charge in [-0.3, -0.25) is 0 Å². The molecule has 0 aliphatic heterocycles. The zero-order chi connectivity index (χ0) is 13.7. The monoisotopic (exact) mass is 277 g/mol. The summed E-state index contributed by atoms with van der Waals surface area (Å²) in [5, 5.41) is 3.74. The normalized spacial score (nSPS) is 12.4. The molecule has 0 aromatic heterocycles. The van der Waals surface area contributed by atoms with E-state index in [0.29, 0.717) is 17.0 Å². The number of benzene rings is 2. The molecule has 0 bridgehead atoms. The summed E-state index contributed by atoms with van der Waals surface area (Å²) in [5.74, 6) is 0.0422. The second kappa shape index (κ2) is 6.69. The number of hydrogen-bond donors (Lipinski definition) is 1. The Labute approximate surface area is 118 Å². The van der Waals surface area contributed by atoms with Crippen molar-refractivity contribution in [1.29, 1.82) is 0 Å². The third kappa shape index (κ3) is 3.79. The van der Waals surface area contributed by atoms with Crippen LogP contribution in [0, 0.1) is 5.82 Å². The fourth-order valence-corrected chi connectivity index (χ4v) is 2.44. The molecule has 1 unspecified atom stereocenters. The van der Waals surface area contributed by atoms with Gasteiger partial charge in [0.15, 0.2) is 0 Å². The molecule has 0 radical (unpaired) electrons. The van der Waals surface area contributed by atoms with Crippen molar-refractivity contribution in [2.24, 2.45) is 0 Å². The molecule has 2 aromatic rings. The van der Waals surface area contributed by atoms with Crippen LogP contribution < -0.4 is 5.32 Å². The maximum atomic E-state index is 13.8. The lowest BCUT2D eigenvalue weighted by Gasteiger charge is -2.17. The van der Waals surface area contributed by atoms with Gasteiger partial charge in [0.25, 0.3) is 0 Å². The first kappa shape index (κ1) is 14.0. The van der Waals surface area contributed by atoms with Gasteiger partial charge >= 0.3 is 0 Å². The number of halogens is 2. The van der Waals surface area contributed by atoms with Crippen molar-refractivity contribution in [2.75, 3.05) is 13.6 Å². The van der Waals surface area contributed by atoms with Crippen LogP contribution in [0.15, 0.2) is 48.5 Å². The standard InChI is InChI=1S/C16H17ClFN/c1-19-11-14(12-5-3-2-4-6-12)9-13-10-15(17)7-8-16(13)18/h2-8,10,14,19H,9,11H2,1H3. The molecule has 1 atom stereocenters. The summed E-state index contributed by atoms with van der Waals surface area (Å²) in [6, 6.07) is 14.9. The van der Waals surface area contributed by atoms with E-state index in [1.54, 1.807) is 12.1 Å². The van der Waals surface area contributed by atoms with Crippen LogP contribution in [0.4, 0.5) is 4.39 Å². The van der Waals surface area contributed by atoms with E-state index < -0.39 is 0 Å². The van der Waals surface area contributed by atoms with E-state index in [2.05, 4.69) is 17.4 Å². The van der Waals surface area contributed by atoms with Crippen LogP contribution in [0.25, 0.3) is 0 Å². The molecule has 0 saturated heterocycles. The lowest BCUT2D eigenvalue weighted by molar-refractivity contribution is 0.574. The van der Waals surface area contributed by atoms with Gasteiger partial charge in [-0.05, 0) is 42.8 Å². The highest BCUT2D eigenvalue weighted by molar-refractivity contribution is 6.30. The van der Waals surface area contributed by atoms with Crippen molar-refractivity contribution in [3.05, 3.63) is 70.5 Å². The molecule has 0 fully saturated rings. The highest BCUT2D eigenvalue weighted by atomic mass is 35.5. The second-order valence-electron chi connectivity index (χ2n) is 4.61. The fourth-order valence-electron chi connectivity index (χ4n) is 2.24. The number of rotatable bonds is 5. The summed E-state index contributed by atoms with van der Waals surface area (Å²) in [6.45, 7) is 0.802. The summed E-state index contributed by atoms with van der Waals surface area (Å²) >= 11 is 5.94. The van der Waals surface area contributed by atoms with Gasteiger partial charge in [0.2, 0.25) is 0 Å². The smallest absolute Gasteiger partial charge is 0.126 e. The van der Waals surface area contributed by atoms with Crippen LogP contribution in [0.1, 0.15) is 17.0 Å². The third-order valence-corrected chi connectivity index (χ3v) is 3.43. The highest BCUT2D eigenvalue weighted by Crippen LogP contribution is 2.24. The minimum Gasteiger partial charge on any atom is -0.319 e. The minimum absolute atomic E-state index is 0.193. The van der Waals surface area contributed by atoms with Crippen molar-refractivity contribution in [3.8, 4) is 0 Å². The van der Waals surface area contributed by atoms with Crippen LogP contribution in [-0.4, -0.2) is 13.6 Å². The van der Waals surface area contributed by atoms with Crippen LogP contribution in [0.2, 0.25) is 5.02 Å². The molecule has 19 heavy (non-hydrogen) atoms. The maximum Gasteiger partial charge on any atom is 0.126 e. The molecule has 0 aliphatic carbocycles. The molecule has 0 heterocycles. The first-order valence-electron chi connectivity index (χ1n) is 6.34. The predicted molar refractivity (Wildman–Crippen MR) is 78.2 cm³/mol. The number of likely N-dealkylation sites (N-methyl/N-ethyl adjacent to an activating group) is 1. The highest BCUT2D eigenvalue weighted by Gasteiger charge is 2.14. The fraction of sp³-hybridized carbons (Fsp3) is 0.250. The van der Waals surface area contributed by atoms with E-state index in [9.17, 15) is 4.39 Å². The molecule has 0 spiro atoms. The van der Waals surface area contributed by atoms with Crippen molar-refractivity contribution in [3.63, 3.8) is 0 Å². The summed E-state index contributed by atoms with van der Waals surface area (Å²) < 4.78 is 13.8. The lowest BCUT2D eigenvalue weighted by atomic mass is 9.91. The SMILES string of the molecule is CNCC(Cc1cc(Cl)ccc1F)c1ccccc1. The Hall–Kier alpha value is -1.38. The van der Waals surface area contributed by atoms with Crippen molar-refractivity contribution >= 4 is 11.6 Å². The summed E-state index contributed by atoms with van der Waals surface area (Å²) in [7, 11) is 1.91. The summed E-state index contributed by atoms with van der Waals surface area (Å²) in [6.07, 6.45) is 0.636. The topological polar surface area (TPSA) is 12.0 Å². The van der Waals surface area contributed by atoms with E-state index in [1.165, 1.54) is 11.6 Å². The van der Waals surface area contributed by atoms with Gasteiger partial charge in [-0.15, -0.1) is 0 Å². The number of nitrogens with one attached hydrogen (secondary N) is 1. The van der Waals surface area contributed by atoms with Gasteiger partial charge < -0.3 is 5.32 Å². The van der Waals surface area contributed by atoms with E-state index in [1.807, 2.05) is 25.2 Å². The molecule has 1 N–H and O–H groups in total. The van der Waals surface area contributed by atoms with Crippen LogP contribution in [-0.2, 0) is 6.42 Å². The Morgan fingerprint density at radius 2 is 1.89 bits per heavy atom. The van der Waals surface area contributed by atoms with E-state index in [-0.39, 0.29) is 11.7 Å². The average Bonchev–Trinajstić information content (AvgIpc) is 2.43. The first-order valence-corrected chi connectivity index (χ1v) is 6.72. The van der Waals surface area contributed by atoms with Crippen molar-refractivity contribution in [1.82, 2.24) is 5.32 Å². The van der Waals surface area contributed by atoms with Crippen LogP contribution in [0.5, 0.6) is 0 Å². The Balaban J connectivity index is 2.24. The van der Waals surface area contributed by atoms with Gasteiger partial charge in [0.05, 0.1) is 0 Å². The van der Waals surface area contributed by atoms with Gasteiger partial charge in [0, 0.05) is 17.5 Å². The Morgan fingerprint density at radius 1 is 1.16 bits per heavy atom. The van der Waals surface area contributed by atoms with Crippen LogP contribution in [0.3, 0.4) is 0 Å². The Morgan fingerprint density at radius 3 is 2.58 bits per heavy atom. The average molecular weight is 278 g/mol. The van der Waals surface area contributed by atoms with E-state index in [0.717, 1.165) is 6.54 Å². The second-order valence-corrected chi connectivity index (χ2v) is 5.04. The van der Waals surface area contributed by atoms with E-state index >= 15 is 0 Å².